The van der Waals surface area contributed by atoms with Crippen molar-refractivity contribution in [3.8, 4) is 0 Å². The third-order valence-corrected chi connectivity index (χ3v) is 4.72. The van der Waals surface area contributed by atoms with Gasteiger partial charge in [-0.15, -0.1) is 0 Å². The number of hydrogen-bond acceptors (Lipinski definition) is 3. The van der Waals surface area contributed by atoms with E-state index >= 15 is 0 Å². The van der Waals surface area contributed by atoms with Crippen molar-refractivity contribution in [1.82, 2.24) is 10.2 Å². The van der Waals surface area contributed by atoms with Crippen molar-refractivity contribution in [3.05, 3.63) is 29.8 Å². The Hall–Kier alpha value is -1.06. The normalized spacial score (nSPS) is 24.2. The Morgan fingerprint density at radius 3 is 2.55 bits per heavy atom. The van der Waals surface area contributed by atoms with Crippen molar-refractivity contribution in [1.29, 1.82) is 0 Å². The molecule has 0 aliphatic carbocycles. The smallest absolute Gasteiger partial charge is 0.0366 e. The number of anilines is 1. The van der Waals surface area contributed by atoms with Gasteiger partial charge >= 0.3 is 0 Å². The molecule has 0 amide bonds. The van der Waals surface area contributed by atoms with Gasteiger partial charge in [0.15, 0.2) is 0 Å². The number of nitrogens with zero attached hydrogens (tertiary/aromatic N) is 2. The summed E-state index contributed by atoms with van der Waals surface area (Å²) in [5.74, 6) is 0.846. The lowest BCUT2D eigenvalue weighted by atomic mass is 10.1. The number of aryl methyl sites for hydroxylation is 1. The van der Waals surface area contributed by atoms with Crippen LogP contribution < -0.4 is 10.2 Å². The van der Waals surface area contributed by atoms with Crippen LogP contribution in [0.3, 0.4) is 0 Å². The maximum Gasteiger partial charge on any atom is 0.0366 e. The van der Waals surface area contributed by atoms with Crippen molar-refractivity contribution in [2.24, 2.45) is 5.92 Å². The Morgan fingerprint density at radius 2 is 1.85 bits per heavy atom. The van der Waals surface area contributed by atoms with Crippen molar-refractivity contribution in [2.75, 3.05) is 50.7 Å². The van der Waals surface area contributed by atoms with Crippen LogP contribution in [0.2, 0.25) is 0 Å². The molecule has 0 spiro atoms. The minimum absolute atomic E-state index is 0.846. The molecule has 0 bridgehead atoms. The van der Waals surface area contributed by atoms with Crippen LogP contribution in [0.1, 0.15) is 18.9 Å². The SMILES string of the molecule is CCc1ccc(N2CCC(CN3CCNCC3)C2)cc1. The zero-order valence-corrected chi connectivity index (χ0v) is 12.6. The number of hydrogen-bond donors (Lipinski definition) is 1. The summed E-state index contributed by atoms with van der Waals surface area (Å²) in [6, 6.07) is 9.15. The first kappa shape index (κ1) is 13.9. The molecule has 110 valence electrons. The zero-order chi connectivity index (χ0) is 13.8. The molecule has 1 N–H and O–H groups in total. The minimum atomic E-state index is 0.846. The van der Waals surface area contributed by atoms with E-state index in [2.05, 4.69) is 46.3 Å². The topological polar surface area (TPSA) is 18.5 Å². The van der Waals surface area contributed by atoms with Crippen LogP contribution in [0.25, 0.3) is 0 Å². The van der Waals surface area contributed by atoms with Crippen LogP contribution in [0.5, 0.6) is 0 Å². The van der Waals surface area contributed by atoms with E-state index in [1.807, 2.05) is 0 Å². The van der Waals surface area contributed by atoms with Gasteiger partial charge in [0.2, 0.25) is 0 Å². The van der Waals surface area contributed by atoms with E-state index in [1.54, 1.807) is 0 Å². The van der Waals surface area contributed by atoms with Crippen LogP contribution in [-0.4, -0.2) is 50.7 Å². The molecule has 2 fully saturated rings. The molecular weight excluding hydrogens is 246 g/mol. The summed E-state index contributed by atoms with van der Waals surface area (Å²) < 4.78 is 0. The lowest BCUT2D eigenvalue weighted by molar-refractivity contribution is 0.212. The third kappa shape index (κ3) is 3.33. The number of benzene rings is 1. The van der Waals surface area contributed by atoms with E-state index < -0.39 is 0 Å². The predicted molar refractivity (Wildman–Crippen MR) is 85.4 cm³/mol. The van der Waals surface area contributed by atoms with E-state index in [0.717, 1.165) is 25.4 Å². The number of rotatable bonds is 4. The monoisotopic (exact) mass is 273 g/mol. The van der Waals surface area contributed by atoms with Crippen LogP contribution in [0.15, 0.2) is 24.3 Å². The number of piperazine rings is 1. The molecule has 0 radical (unpaired) electrons. The zero-order valence-electron chi connectivity index (χ0n) is 12.6. The molecular formula is C17H27N3. The molecule has 0 saturated carbocycles. The highest BCUT2D eigenvalue weighted by atomic mass is 15.2. The summed E-state index contributed by atoms with van der Waals surface area (Å²) in [6.07, 6.45) is 2.48. The second kappa shape index (κ2) is 6.59. The average molecular weight is 273 g/mol. The summed E-state index contributed by atoms with van der Waals surface area (Å²) in [5, 5.41) is 3.43. The minimum Gasteiger partial charge on any atom is -0.371 e. The van der Waals surface area contributed by atoms with E-state index in [4.69, 9.17) is 0 Å². The van der Waals surface area contributed by atoms with Crippen LogP contribution in [0.4, 0.5) is 5.69 Å². The maximum absolute atomic E-state index is 3.43. The fraction of sp³-hybridized carbons (Fsp3) is 0.647. The van der Waals surface area contributed by atoms with Gasteiger partial charge in [-0.1, -0.05) is 19.1 Å². The Balaban J connectivity index is 1.52. The Labute approximate surface area is 123 Å². The molecule has 3 heteroatoms. The Morgan fingerprint density at radius 1 is 1.10 bits per heavy atom. The second-order valence-electron chi connectivity index (χ2n) is 6.17. The Kier molecular flexibility index (Phi) is 4.58. The van der Waals surface area contributed by atoms with Crippen molar-refractivity contribution in [2.45, 2.75) is 19.8 Å². The molecule has 1 atom stereocenters. The summed E-state index contributed by atoms with van der Waals surface area (Å²) >= 11 is 0. The molecule has 1 unspecified atom stereocenters. The molecule has 2 heterocycles. The van der Waals surface area contributed by atoms with E-state index in [1.165, 1.54) is 50.4 Å². The van der Waals surface area contributed by atoms with Crippen molar-refractivity contribution < 1.29 is 0 Å². The quantitative estimate of drug-likeness (QED) is 0.905. The van der Waals surface area contributed by atoms with E-state index in [-0.39, 0.29) is 0 Å². The van der Waals surface area contributed by atoms with Crippen molar-refractivity contribution in [3.63, 3.8) is 0 Å². The molecule has 1 aromatic carbocycles. The number of nitrogens with one attached hydrogen (secondary N) is 1. The molecule has 3 rings (SSSR count). The molecule has 1 aromatic rings. The van der Waals surface area contributed by atoms with E-state index in [0.29, 0.717) is 0 Å². The molecule has 0 aromatic heterocycles. The molecule has 2 aliphatic heterocycles. The third-order valence-electron chi connectivity index (χ3n) is 4.72. The van der Waals surface area contributed by atoms with Gasteiger partial charge in [0.25, 0.3) is 0 Å². The van der Waals surface area contributed by atoms with Gasteiger partial charge in [0.1, 0.15) is 0 Å². The fourth-order valence-corrected chi connectivity index (χ4v) is 3.42. The van der Waals surface area contributed by atoms with Crippen LogP contribution in [0, 0.1) is 5.92 Å². The molecule has 2 saturated heterocycles. The largest absolute Gasteiger partial charge is 0.371 e. The van der Waals surface area contributed by atoms with Gasteiger partial charge in [0.05, 0.1) is 0 Å². The van der Waals surface area contributed by atoms with Gasteiger partial charge in [-0.2, -0.15) is 0 Å². The van der Waals surface area contributed by atoms with Gasteiger partial charge in [0, 0.05) is 51.5 Å². The standard InChI is InChI=1S/C17H27N3/c1-2-15-3-5-17(6-4-15)20-10-7-16(14-20)13-19-11-8-18-9-12-19/h3-6,16,18H,2,7-14H2,1H3. The predicted octanol–water partition coefficient (Wildman–Crippen LogP) is 1.98. The highest BCUT2D eigenvalue weighted by Crippen LogP contribution is 2.25. The molecule has 2 aliphatic rings. The average Bonchev–Trinajstić information content (AvgIpc) is 2.97. The first-order valence-corrected chi connectivity index (χ1v) is 8.12. The highest BCUT2D eigenvalue weighted by Gasteiger charge is 2.25. The van der Waals surface area contributed by atoms with Gasteiger partial charge in [-0.05, 0) is 36.5 Å². The van der Waals surface area contributed by atoms with Crippen molar-refractivity contribution >= 4 is 5.69 Å². The first-order chi connectivity index (χ1) is 9.85. The highest BCUT2D eigenvalue weighted by molar-refractivity contribution is 5.48. The summed E-state index contributed by atoms with van der Waals surface area (Å²) in [6.45, 7) is 10.7. The maximum atomic E-state index is 3.43. The summed E-state index contributed by atoms with van der Waals surface area (Å²) in [4.78, 5) is 5.19. The second-order valence-corrected chi connectivity index (χ2v) is 6.17. The summed E-state index contributed by atoms with van der Waals surface area (Å²) in [5.41, 5.74) is 2.84. The van der Waals surface area contributed by atoms with Crippen LogP contribution in [-0.2, 0) is 6.42 Å². The van der Waals surface area contributed by atoms with Gasteiger partial charge in [-0.3, -0.25) is 0 Å². The van der Waals surface area contributed by atoms with Crippen LogP contribution >= 0.6 is 0 Å². The van der Waals surface area contributed by atoms with E-state index in [9.17, 15) is 0 Å². The van der Waals surface area contributed by atoms with Gasteiger partial charge < -0.3 is 15.1 Å². The molecule has 20 heavy (non-hydrogen) atoms. The first-order valence-electron chi connectivity index (χ1n) is 8.12. The lowest BCUT2D eigenvalue weighted by Crippen LogP contribution is -2.45. The molecule has 3 nitrogen and oxygen atoms in total. The summed E-state index contributed by atoms with van der Waals surface area (Å²) in [7, 11) is 0. The Bertz CT molecular complexity index is 409. The fourth-order valence-electron chi connectivity index (χ4n) is 3.42. The lowest BCUT2D eigenvalue weighted by Gasteiger charge is -2.29. The van der Waals surface area contributed by atoms with Gasteiger partial charge in [-0.25, -0.2) is 0 Å².